The molecule has 0 saturated carbocycles. The lowest BCUT2D eigenvalue weighted by Gasteiger charge is -2.24. The molecule has 0 atom stereocenters. The summed E-state index contributed by atoms with van der Waals surface area (Å²) in [4.78, 5) is 0. The van der Waals surface area contributed by atoms with E-state index >= 15 is 0 Å². The summed E-state index contributed by atoms with van der Waals surface area (Å²) in [6.45, 7) is 2.23. The van der Waals surface area contributed by atoms with Crippen LogP contribution in [0.4, 0.5) is 0 Å². The fourth-order valence-electron chi connectivity index (χ4n) is 9.50. The van der Waals surface area contributed by atoms with Crippen molar-refractivity contribution >= 4 is 59.9 Å². The summed E-state index contributed by atoms with van der Waals surface area (Å²) in [6, 6.07) is 61.0. The van der Waals surface area contributed by atoms with E-state index in [1.165, 1.54) is 116 Å². The number of para-hydroxylation sites is 3. The third kappa shape index (κ3) is 3.37. The van der Waals surface area contributed by atoms with Crippen LogP contribution in [0.15, 0.2) is 164 Å². The first-order valence-electron chi connectivity index (χ1n) is 17.8. The Bertz CT molecular complexity index is 3250. The molecule has 8 aromatic carbocycles. The van der Waals surface area contributed by atoms with E-state index in [2.05, 4.69) is 180 Å². The van der Waals surface area contributed by atoms with Crippen LogP contribution in [0.1, 0.15) is 5.56 Å². The zero-order valence-corrected chi connectivity index (χ0v) is 28.0. The van der Waals surface area contributed by atoms with Crippen LogP contribution >= 0.6 is 0 Å². The Labute approximate surface area is 294 Å². The van der Waals surface area contributed by atoms with Crippen LogP contribution in [-0.2, 0) is 0 Å². The highest BCUT2D eigenvalue weighted by molar-refractivity contribution is 6.37. The largest absolute Gasteiger partial charge is 0.308 e. The average Bonchev–Trinajstić information content (AvgIpc) is 3.82. The van der Waals surface area contributed by atoms with E-state index < -0.39 is 0 Å². The Morgan fingerprint density at radius 3 is 1.55 bits per heavy atom. The van der Waals surface area contributed by atoms with Gasteiger partial charge in [0.15, 0.2) is 0 Å². The molecule has 51 heavy (non-hydrogen) atoms. The minimum absolute atomic E-state index is 1.22. The van der Waals surface area contributed by atoms with Gasteiger partial charge in [0.25, 0.3) is 0 Å². The molecule has 12 rings (SSSR count). The number of rotatable bonds is 1. The number of nitrogens with zero attached hydrogens (tertiary/aromatic N) is 2. The fraction of sp³-hybridized carbons (Fsp3) is 0.0204. The van der Waals surface area contributed by atoms with Crippen LogP contribution in [0.25, 0.3) is 110 Å². The van der Waals surface area contributed by atoms with Gasteiger partial charge in [-0.05, 0) is 81.8 Å². The van der Waals surface area contributed by atoms with Crippen molar-refractivity contribution in [3.05, 3.63) is 169 Å². The second-order valence-corrected chi connectivity index (χ2v) is 14.1. The van der Waals surface area contributed by atoms with Crippen LogP contribution in [0.2, 0.25) is 0 Å². The third-order valence-corrected chi connectivity index (χ3v) is 11.5. The summed E-state index contributed by atoms with van der Waals surface area (Å²) in [6.07, 6.45) is 0. The minimum atomic E-state index is 1.22. The molecule has 0 fully saturated rings. The van der Waals surface area contributed by atoms with Crippen molar-refractivity contribution in [3.8, 4) is 50.2 Å². The van der Waals surface area contributed by atoms with Crippen LogP contribution in [-0.4, -0.2) is 8.97 Å². The van der Waals surface area contributed by atoms with Gasteiger partial charge >= 0.3 is 0 Å². The Hall–Kier alpha value is -6.64. The second kappa shape index (κ2) is 9.74. The van der Waals surface area contributed by atoms with Crippen molar-refractivity contribution in [2.75, 3.05) is 0 Å². The molecule has 3 heterocycles. The average molecular weight is 647 g/mol. The molecule has 0 unspecified atom stereocenters. The van der Waals surface area contributed by atoms with Crippen LogP contribution in [0, 0.1) is 6.92 Å². The highest BCUT2D eigenvalue weighted by atomic mass is 15.0. The van der Waals surface area contributed by atoms with Gasteiger partial charge < -0.3 is 8.97 Å². The number of aromatic nitrogens is 2. The van der Waals surface area contributed by atoms with Crippen molar-refractivity contribution in [2.45, 2.75) is 6.92 Å². The topological polar surface area (TPSA) is 9.34 Å². The first-order chi connectivity index (χ1) is 25.3. The molecular weight excluding hydrogens is 617 g/mol. The molecule has 0 aliphatic heterocycles. The fourth-order valence-corrected chi connectivity index (χ4v) is 9.50. The van der Waals surface area contributed by atoms with Crippen molar-refractivity contribution in [3.63, 3.8) is 0 Å². The molecule has 0 spiro atoms. The molecule has 1 aliphatic rings. The van der Waals surface area contributed by atoms with E-state index in [-0.39, 0.29) is 0 Å². The number of aryl methyl sites for hydroxylation is 1. The molecule has 0 N–H and O–H groups in total. The summed E-state index contributed by atoms with van der Waals surface area (Å²) in [5.74, 6) is 0. The van der Waals surface area contributed by atoms with Crippen molar-refractivity contribution in [1.29, 1.82) is 0 Å². The Balaban J connectivity index is 1.42. The molecule has 2 nitrogen and oxygen atoms in total. The standard InChI is InChI=1S/C49H30N2/c1-29-14-2-11-23-41(29)50-42-24-12-9-20-35(42)39-28-40-36-21-10-13-25-43(36)51-44-27-26-38-34-19-6-5-17-32(34)30-15-3-4-16-31(30)33-18-7-8-22-37(33)45(38)46(44)47(48(39)50)49(40)51/h2-28H,1H3. The van der Waals surface area contributed by atoms with Crippen LogP contribution < -0.4 is 0 Å². The van der Waals surface area contributed by atoms with E-state index in [1.807, 2.05) is 0 Å². The number of benzene rings is 8. The van der Waals surface area contributed by atoms with E-state index in [9.17, 15) is 0 Å². The van der Waals surface area contributed by atoms with Crippen molar-refractivity contribution < 1.29 is 0 Å². The van der Waals surface area contributed by atoms with E-state index in [0.29, 0.717) is 0 Å². The van der Waals surface area contributed by atoms with Gasteiger partial charge in [0.1, 0.15) is 0 Å². The maximum atomic E-state index is 2.55. The molecule has 1 aliphatic carbocycles. The SMILES string of the molecule is Cc1ccccc1-n1c2ccccc2c2cc3c4ccccc4n4c5ccc6c(c5c(c21)c34)-c1ccccc1-c1ccccc1-c1ccccc1-6. The zero-order chi connectivity index (χ0) is 33.4. The second-order valence-electron chi connectivity index (χ2n) is 14.1. The predicted molar refractivity (Wildman–Crippen MR) is 215 cm³/mol. The van der Waals surface area contributed by atoms with Crippen molar-refractivity contribution in [2.24, 2.45) is 0 Å². The Morgan fingerprint density at radius 2 is 0.863 bits per heavy atom. The molecule has 0 amide bonds. The first-order valence-corrected chi connectivity index (χ1v) is 17.8. The highest BCUT2D eigenvalue weighted by Gasteiger charge is 2.30. The van der Waals surface area contributed by atoms with E-state index in [0.717, 1.165) is 0 Å². The molecule has 11 aromatic rings. The predicted octanol–water partition coefficient (Wildman–Crippen LogP) is 13.2. The van der Waals surface area contributed by atoms with E-state index in [1.54, 1.807) is 0 Å². The Kier molecular flexibility index (Phi) is 5.20. The highest BCUT2D eigenvalue weighted by Crippen LogP contribution is 2.54. The molecule has 0 radical (unpaired) electrons. The van der Waals surface area contributed by atoms with Gasteiger partial charge in [-0.25, -0.2) is 0 Å². The van der Waals surface area contributed by atoms with Crippen LogP contribution in [0.5, 0.6) is 0 Å². The summed E-state index contributed by atoms with van der Waals surface area (Å²) < 4.78 is 5.10. The van der Waals surface area contributed by atoms with Gasteiger partial charge in [-0.2, -0.15) is 0 Å². The van der Waals surface area contributed by atoms with Gasteiger partial charge in [0, 0.05) is 43.6 Å². The molecule has 3 aromatic heterocycles. The van der Waals surface area contributed by atoms with Gasteiger partial charge in [0.2, 0.25) is 0 Å². The van der Waals surface area contributed by atoms with Gasteiger partial charge in [0.05, 0.1) is 27.6 Å². The van der Waals surface area contributed by atoms with Gasteiger partial charge in [-0.3, -0.25) is 0 Å². The van der Waals surface area contributed by atoms with Crippen molar-refractivity contribution in [1.82, 2.24) is 8.97 Å². The lowest BCUT2D eigenvalue weighted by atomic mass is 9.79. The van der Waals surface area contributed by atoms with Crippen LogP contribution in [0.3, 0.4) is 0 Å². The summed E-state index contributed by atoms with van der Waals surface area (Å²) in [5, 5.41) is 7.78. The van der Waals surface area contributed by atoms with Gasteiger partial charge in [-0.1, -0.05) is 133 Å². The Morgan fingerprint density at radius 1 is 0.353 bits per heavy atom. The third-order valence-electron chi connectivity index (χ3n) is 11.5. The van der Waals surface area contributed by atoms with Gasteiger partial charge in [-0.15, -0.1) is 0 Å². The lowest BCUT2D eigenvalue weighted by molar-refractivity contribution is 1.15. The quantitative estimate of drug-likeness (QED) is 0.168. The molecule has 0 bridgehead atoms. The molecular formula is C49H30N2. The smallest absolute Gasteiger partial charge is 0.0642 e. The monoisotopic (exact) mass is 646 g/mol. The lowest BCUT2D eigenvalue weighted by Crippen LogP contribution is -1.98. The normalized spacial score (nSPS) is 12.4. The molecule has 236 valence electrons. The maximum Gasteiger partial charge on any atom is 0.0642 e. The molecule has 2 heteroatoms. The number of hydrogen-bond donors (Lipinski definition) is 0. The summed E-state index contributed by atoms with van der Waals surface area (Å²) in [7, 11) is 0. The first kappa shape index (κ1) is 27.2. The number of hydrogen-bond acceptors (Lipinski definition) is 0. The summed E-state index contributed by atoms with van der Waals surface area (Å²) in [5.41, 5.74) is 18.9. The molecule has 0 saturated heterocycles. The van der Waals surface area contributed by atoms with E-state index in [4.69, 9.17) is 0 Å². The summed E-state index contributed by atoms with van der Waals surface area (Å²) >= 11 is 0. The maximum absolute atomic E-state index is 2.55. The minimum Gasteiger partial charge on any atom is -0.308 e. The zero-order valence-electron chi connectivity index (χ0n) is 28.0. The number of fused-ring (bicyclic) bond motifs is 19.